The Labute approximate surface area is 79.7 Å². The molecule has 0 bridgehead atoms. The van der Waals surface area contributed by atoms with Crippen LogP contribution in [0.2, 0.25) is 0 Å². The third kappa shape index (κ3) is 1.64. The summed E-state index contributed by atoms with van der Waals surface area (Å²) in [5, 5.41) is 12.4. The van der Waals surface area contributed by atoms with E-state index in [1.807, 2.05) is 12.3 Å². The van der Waals surface area contributed by atoms with Crippen molar-refractivity contribution < 1.29 is 9.52 Å². The second kappa shape index (κ2) is 3.32. The molecule has 0 saturated carbocycles. The van der Waals surface area contributed by atoms with Gasteiger partial charge in [0.15, 0.2) is 0 Å². The first-order valence-corrected chi connectivity index (χ1v) is 4.77. The van der Waals surface area contributed by atoms with E-state index in [9.17, 15) is 5.11 Å². The van der Waals surface area contributed by atoms with Gasteiger partial charge in [-0.2, -0.15) is 0 Å². The van der Waals surface area contributed by atoms with Crippen molar-refractivity contribution in [3.8, 4) is 0 Å². The lowest BCUT2D eigenvalue weighted by atomic mass is 10.2. The SMILES string of the molecule is Cc1csc(C(O)c2ccoc2)n1. The molecule has 0 aromatic carbocycles. The van der Waals surface area contributed by atoms with Crippen molar-refractivity contribution >= 4 is 11.3 Å². The highest BCUT2D eigenvalue weighted by Crippen LogP contribution is 2.24. The highest BCUT2D eigenvalue weighted by atomic mass is 32.1. The summed E-state index contributed by atoms with van der Waals surface area (Å²) >= 11 is 1.45. The molecule has 0 aliphatic heterocycles. The lowest BCUT2D eigenvalue weighted by Crippen LogP contribution is -1.96. The zero-order valence-electron chi connectivity index (χ0n) is 7.10. The maximum absolute atomic E-state index is 9.78. The molecule has 0 saturated heterocycles. The van der Waals surface area contributed by atoms with Gasteiger partial charge in [0.2, 0.25) is 0 Å². The minimum atomic E-state index is -0.655. The summed E-state index contributed by atoms with van der Waals surface area (Å²) in [7, 11) is 0. The number of aliphatic hydroxyl groups excluding tert-OH is 1. The highest BCUT2D eigenvalue weighted by molar-refractivity contribution is 7.09. The maximum Gasteiger partial charge on any atom is 0.134 e. The molecule has 2 aromatic rings. The minimum Gasteiger partial charge on any atom is -0.472 e. The quantitative estimate of drug-likeness (QED) is 0.798. The Morgan fingerprint density at radius 2 is 2.46 bits per heavy atom. The van der Waals surface area contributed by atoms with Gasteiger partial charge in [-0.15, -0.1) is 11.3 Å². The summed E-state index contributed by atoms with van der Waals surface area (Å²) in [5.41, 5.74) is 1.68. The van der Waals surface area contributed by atoms with E-state index in [4.69, 9.17) is 4.42 Å². The number of rotatable bonds is 2. The largest absolute Gasteiger partial charge is 0.472 e. The number of hydrogen-bond donors (Lipinski definition) is 1. The Hall–Kier alpha value is -1.13. The summed E-state index contributed by atoms with van der Waals surface area (Å²) in [6.45, 7) is 1.90. The molecule has 4 heteroatoms. The molecule has 2 rings (SSSR count). The molecule has 2 aromatic heterocycles. The number of nitrogens with zero attached hydrogens (tertiary/aromatic N) is 1. The zero-order chi connectivity index (χ0) is 9.26. The monoisotopic (exact) mass is 195 g/mol. The van der Waals surface area contributed by atoms with Crippen molar-refractivity contribution in [2.24, 2.45) is 0 Å². The summed E-state index contributed by atoms with van der Waals surface area (Å²) in [6.07, 6.45) is 2.41. The lowest BCUT2D eigenvalue weighted by molar-refractivity contribution is 0.218. The van der Waals surface area contributed by atoms with E-state index in [0.29, 0.717) is 5.01 Å². The van der Waals surface area contributed by atoms with Crippen LogP contribution in [0.3, 0.4) is 0 Å². The maximum atomic E-state index is 9.78. The van der Waals surface area contributed by atoms with Gasteiger partial charge in [-0.1, -0.05) is 0 Å². The van der Waals surface area contributed by atoms with Crippen LogP contribution in [-0.2, 0) is 0 Å². The van der Waals surface area contributed by atoms with E-state index >= 15 is 0 Å². The Morgan fingerprint density at radius 3 is 3.00 bits per heavy atom. The van der Waals surface area contributed by atoms with Crippen LogP contribution in [-0.4, -0.2) is 10.1 Å². The van der Waals surface area contributed by atoms with Gasteiger partial charge in [0.05, 0.1) is 12.5 Å². The Morgan fingerprint density at radius 1 is 1.62 bits per heavy atom. The van der Waals surface area contributed by atoms with Gasteiger partial charge in [0.25, 0.3) is 0 Å². The predicted octanol–water partition coefficient (Wildman–Crippen LogP) is 2.13. The molecule has 0 amide bonds. The molecule has 0 aliphatic rings. The van der Waals surface area contributed by atoms with Crippen molar-refractivity contribution in [1.82, 2.24) is 4.98 Å². The first-order chi connectivity index (χ1) is 6.27. The topological polar surface area (TPSA) is 46.3 Å². The fourth-order valence-electron chi connectivity index (χ4n) is 1.07. The van der Waals surface area contributed by atoms with E-state index in [-0.39, 0.29) is 0 Å². The van der Waals surface area contributed by atoms with Crippen LogP contribution in [0.25, 0.3) is 0 Å². The van der Waals surface area contributed by atoms with Crippen LogP contribution in [0.5, 0.6) is 0 Å². The van der Waals surface area contributed by atoms with E-state index in [0.717, 1.165) is 11.3 Å². The molecule has 1 unspecified atom stereocenters. The first kappa shape index (κ1) is 8.47. The molecule has 2 heterocycles. The van der Waals surface area contributed by atoms with Crippen molar-refractivity contribution in [2.75, 3.05) is 0 Å². The molecule has 1 N–H and O–H groups in total. The molecule has 68 valence electrons. The highest BCUT2D eigenvalue weighted by Gasteiger charge is 2.14. The third-order valence-corrected chi connectivity index (χ3v) is 2.74. The number of hydrogen-bond acceptors (Lipinski definition) is 4. The van der Waals surface area contributed by atoms with Gasteiger partial charge in [-0.25, -0.2) is 4.98 Å². The average molecular weight is 195 g/mol. The van der Waals surface area contributed by atoms with Gasteiger partial charge < -0.3 is 9.52 Å². The van der Waals surface area contributed by atoms with Crippen LogP contribution in [0.15, 0.2) is 28.4 Å². The van der Waals surface area contributed by atoms with E-state index in [1.54, 1.807) is 12.3 Å². The Kier molecular flexibility index (Phi) is 2.16. The molecular formula is C9H9NO2S. The molecule has 0 spiro atoms. The van der Waals surface area contributed by atoms with E-state index in [1.165, 1.54) is 17.6 Å². The summed E-state index contributed by atoms with van der Waals surface area (Å²) in [6, 6.07) is 1.74. The van der Waals surface area contributed by atoms with Gasteiger partial charge in [-0.05, 0) is 13.0 Å². The van der Waals surface area contributed by atoms with Gasteiger partial charge in [0.1, 0.15) is 11.1 Å². The molecule has 0 aliphatic carbocycles. The first-order valence-electron chi connectivity index (χ1n) is 3.89. The molecule has 0 fully saturated rings. The van der Waals surface area contributed by atoms with Crippen LogP contribution in [0.1, 0.15) is 22.4 Å². The molecular weight excluding hydrogens is 186 g/mol. The van der Waals surface area contributed by atoms with Crippen molar-refractivity contribution in [3.63, 3.8) is 0 Å². The second-order valence-corrected chi connectivity index (χ2v) is 3.68. The Bertz CT molecular complexity index is 380. The number of aromatic nitrogens is 1. The summed E-state index contributed by atoms with van der Waals surface area (Å²) in [5.74, 6) is 0. The van der Waals surface area contributed by atoms with Gasteiger partial charge >= 0.3 is 0 Å². The van der Waals surface area contributed by atoms with Crippen molar-refractivity contribution in [2.45, 2.75) is 13.0 Å². The van der Waals surface area contributed by atoms with Crippen molar-refractivity contribution in [3.05, 3.63) is 40.2 Å². The molecule has 13 heavy (non-hydrogen) atoms. The van der Waals surface area contributed by atoms with Crippen LogP contribution in [0.4, 0.5) is 0 Å². The smallest absolute Gasteiger partial charge is 0.134 e. The molecule has 0 radical (unpaired) electrons. The van der Waals surface area contributed by atoms with Crippen LogP contribution in [0, 0.1) is 6.92 Å². The zero-order valence-corrected chi connectivity index (χ0v) is 7.91. The second-order valence-electron chi connectivity index (χ2n) is 2.79. The van der Waals surface area contributed by atoms with Gasteiger partial charge in [-0.3, -0.25) is 0 Å². The standard InChI is InChI=1S/C9H9NO2S/c1-6-5-13-9(10-6)8(11)7-2-3-12-4-7/h2-5,8,11H,1H3. The third-order valence-electron chi connectivity index (χ3n) is 1.73. The summed E-state index contributed by atoms with van der Waals surface area (Å²) in [4.78, 5) is 4.19. The predicted molar refractivity (Wildman–Crippen MR) is 49.6 cm³/mol. The lowest BCUT2D eigenvalue weighted by Gasteiger charge is -2.02. The van der Waals surface area contributed by atoms with Crippen LogP contribution < -0.4 is 0 Å². The molecule has 1 atom stereocenters. The number of furan rings is 1. The minimum absolute atomic E-state index is 0.655. The number of thiazole rings is 1. The number of aryl methyl sites for hydroxylation is 1. The summed E-state index contributed by atoms with van der Waals surface area (Å²) < 4.78 is 4.88. The number of aliphatic hydroxyl groups is 1. The van der Waals surface area contributed by atoms with Gasteiger partial charge in [0, 0.05) is 16.6 Å². The fourth-order valence-corrected chi connectivity index (χ4v) is 1.88. The van der Waals surface area contributed by atoms with Crippen LogP contribution >= 0.6 is 11.3 Å². The van der Waals surface area contributed by atoms with E-state index < -0.39 is 6.10 Å². The van der Waals surface area contributed by atoms with E-state index in [2.05, 4.69) is 4.98 Å². The normalized spacial score (nSPS) is 13.1. The fraction of sp³-hybridized carbons (Fsp3) is 0.222. The Balaban J connectivity index is 2.28. The molecule has 3 nitrogen and oxygen atoms in total. The average Bonchev–Trinajstić information content (AvgIpc) is 2.72. The van der Waals surface area contributed by atoms with Crippen molar-refractivity contribution in [1.29, 1.82) is 0 Å².